The number of aromatic nitrogens is 1. The van der Waals surface area contributed by atoms with E-state index < -0.39 is 18.2 Å². The molecule has 5 nitrogen and oxygen atoms in total. The summed E-state index contributed by atoms with van der Waals surface area (Å²) in [5, 5.41) is 29.1. The first-order chi connectivity index (χ1) is 15.0. The number of benzene rings is 2. The van der Waals surface area contributed by atoms with Crippen LogP contribution in [0.2, 0.25) is 0 Å². The highest BCUT2D eigenvalue weighted by Gasteiger charge is 2.29. The van der Waals surface area contributed by atoms with E-state index in [1.54, 1.807) is 12.1 Å². The van der Waals surface area contributed by atoms with E-state index in [-0.39, 0.29) is 12.2 Å². The van der Waals surface area contributed by atoms with Crippen LogP contribution in [0, 0.1) is 5.82 Å². The van der Waals surface area contributed by atoms with E-state index in [9.17, 15) is 19.4 Å². The molecule has 2 atom stereocenters. The largest absolute Gasteiger partial charge is 0.479 e. The molecule has 1 aromatic heterocycles. The number of allylic oxidation sites excluding steroid dienone is 1. The molecule has 0 amide bonds. The number of rotatable bonds is 8. The Morgan fingerprint density at radius 1 is 1.13 bits per heavy atom. The van der Waals surface area contributed by atoms with E-state index in [0.717, 1.165) is 46.1 Å². The molecular weight excluding hydrogens is 397 g/mol. The second kappa shape index (κ2) is 8.96. The van der Waals surface area contributed by atoms with Gasteiger partial charge in [-0.15, -0.1) is 0 Å². The molecule has 0 saturated heterocycles. The summed E-state index contributed by atoms with van der Waals surface area (Å²) in [6.45, 7) is 0. The Bertz CT molecular complexity index is 1120. The van der Waals surface area contributed by atoms with Gasteiger partial charge in [0.05, 0.1) is 17.3 Å². The maximum Gasteiger partial charge on any atom is 0.335 e. The lowest BCUT2D eigenvalue weighted by molar-refractivity contribution is -0.152. The first-order valence-corrected chi connectivity index (χ1v) is 10.4. The SMILES string of the molecule is O=C(O)C(O)C(O)CCC=Cc1c(C2CC2)nc2ccccc2c1-c1ccc(F)cc1. The van der Waals surface area contributed by atoms with E-state index in [0.29, 0.717) is 12.3 Å². The predicted molar refractivity (Wildman–Crippen MR) is 117 cm³/mol. The molecule has 3 aromatic rings. The summed E-state index contributed by atoms with van der Waals surface area (Å²) in [4.78, 5) is 15.7. The van der Waals surface area contributed by atoms with Gasteiger partial charge in [-0.2, -0.15) is 0 Å². The Hall–Kier alpha value is -3.09. The van der Waals surface area contributed by atoms with Gasteiger partial charge < -0.3 is 15.3 Å². The van der Waals surface area contributed by atoms with Crippen LogP contribution in [0.25, 0.3) is 28.1 Å². The highest BCUT2D eigenvalue weighted by molar-refractivity contribution is 5.99. The third kappa shape index (κ3) is 4.65. The molecule has 0 bridgehead atoms. The number of aliphatic carboxylic acids is 1. The van der Waals surface area contributed by atoms with Crippen LogP contribution in [0.15, 0.2) is 54.6 Å². The maximum absolute atomic E-state index is 13.6. The van der Waals surface area contributed by atoms with Crippen LogP contribution in [0.3, 0.4) is 0 Å². The van der Waals surface area contributed by atoms with Crippen molar-refractivity contribution in [3.05, 3.63) is 71.7 Å². The van der Waals surface area contributed by atoms with Crippen LogP contribution in [-0.4, -0.2) is 38.5 Å². The van der Waals surface area contributed by atoms with Gasteiger partial charge in [-0.3, -0.25) is 4.98 Å². The number of pyridine rings is 1. The van der Waals surface area contributed by atoms with E-state index in [1.807, 2.05) is 36.4 Å². The van der Waals surface area contributed by atoms with Gasteiger partial charge >= 0.3 is 5.97 Å². The average molecular weight is 421 g/mol. The molecule has 0 spiro atoms. The molecule has 1 heterocycles. The van der Waals surface area contributed by atoms with Crippen molar-refractivity contribution in [3.63, 3.8) is 0 Å². The van der Waals surface area contributed by atoms with Crippen molar-refractivity contribution in [2.45, 2.75) is 43.8 Å². The summed E-state index contributed by atoms with van der Waals surface area (Å²) in [5.74, 6) is -1.36. The van der Waals surface area contributed by atoms with E-state index >= 15 is 0 Å². The van der Waals surface area contributed by atoms with Crippen LogP contribution in [0.4, 0.5) is 4.39 Å². The van der Waals surface area contributed by atoms with Gasteiger partial charge in [-0.05, 0) is 49.4 Å². The molecule has 2 aromatic carbocycles. The third-order valence-corrected chi connectivity index (χ3v) is 5.59. The summed E-state index contributed by atoms with van der Waals surface area (Å²) in [7, 11) is 0. The fourth-order valence-corrected chi connectivity index (χ4v) is 3.80. The number of fused-ring (bicyclic) bond motifs is 1. The number of nitrogens with zero attached hydrogens (tertiary/aromatic N) is 1. The Balaban J connectivity index is 1.74. The summed E-state index contributed by atoms with van der Waals surface area (Å²) < 4.78 is 13.6. The number of aliphatic hydroxyl groups excluding tert-OH is 2. The number of aliphatic hydroxyl groups is 2. The van der Waals surface area contributed by atoms with Crippen molar-refractivity contribution in [1.29, 1.82) is 0 Å². The number of halogens is 1. The molecule has 0 aliphatic heterocycles. The number of carboxylic acid groups (broad SMARTS) is 1. The van der Waals surface area contributed by atoms with Crippen LogP contribution in [-0.2, 0) is 4.79 Å². The minimum absolute atomic E-state index is 0.121. The van der Waals surface area contributed by atoms with Crippen LogP contribution in [0.1, 0.15) is 42.9 Å². The summed E-state index contributed by atoms with van der Waals surface area (Å²) in [6.07, 6.45) is 3.33. The Labute approximate surface area is 179 Å². The Morgan fingerprint density at radius 3 is 2.52 bits per heavy atom. The summed E-state index contributed by atoms with van der Waals surface area (Å²) in [5.41, 5.74) is 4.72. The Kier molecular flexibility index (Phi) is 6.11. The van der Waals surface area contributed by atoms with Gasteiger partial charge in [-0.25, -0.2) is 9.18 Å². The zero-order valence-corrected chi connectivity index (χ0v) is 16.9. The van der Waals surface area contributed by atoms with Gasteiger partial charge in [0.1, 0.15) is 5.82 Å². The van der Waals surface area contributed by atoms with Crippen molar-refractivity contribution in [2.24, 2.45) is 0 Å². The first-order valence-electron chi connectivity index (χ1n) is 10.4. The Morgan fingerprint density at radius 2 is 1.84 bits per heavy atom. The second-order valence-corrected chi connectivity index (χ2v) is 7.91. The van der Waals surface area contributed by atoms with Crippen molar-refractivity contribution >= 4 is 22.9 Å². The average Bonchev–Trinajstić information content (AvgIpc) is 3.61. The lowest BCUT2D eigenvalue weighted by Crippen LogP contribution is -2.33. The van der Waals surface area contributed by atoms with Gasteiger partial charge in [-0.1, -0.05) is 42.5 Å². The smallest absolute Gasteiger partial charge is 0.335 e. The summed E-state index contributed by atoms with van der Waals surface area (Å²) in [6, 6.07) is 14.3. The quantitative estimate of drug-likeness (QED) is 0.498. The number of hydrogen-bond acceptors (Lipinski definition) is 4. The lowest BCUT2D eigenvalue weighted by Gasteiger charge is -2.16. The molecular formula is C25H24FNO4. The maximum atomic E-state index is 13.6. The molecule has 3 N–H and O–H groups in total. The topological polar surface area (TPSA) is 90.7 Å². The number of hydrogen-bond donors (Lipinski definition) is 3. The van der Waals surface area contributed by atoms with E-state index in [4.69, 9.17) is 10.1 Å². The van der Waals surface area contributed by atoms with Crippen molar-refractivity contribution in [2.75, 3.05) is 0 Å². The van der Waals surface area contributed by atoms with Crippen LogP contribution >= 0.6 is 0 Å². The monoisotopic (exact) mass is 421 g/mol. The molecule has 1 fully saturated rings. The molecule has 0 radical (unpaired) electrons. The predicted octanol–water partition coefficient (Wildman–Crippen LogP) is 4.52. The zero-order valence-electron chi connectivity index (χ0n) is 16.9. The number of para-hydroxylation sites is 1. The second-order valence-electron chi connectivity index (χ2n) is 7.91. The lowest BCUT2D eigenvalue weighted by atomic mass is 9.92. The minimum atomic E-state index is -1.80. The first kappa shape index (κ1) is 21.2. The highest BCUT2D eigenvalue weighted by atomic mass is 19.1. The minimum Gasteiger partial charge on any atom is -0.479 e. The molecule has 2 unspecified atom stereocenters. The fraction of sp³-hybridized carbons (Fsp3) is 0.280. The van der Waals surface area contributed by atoms with Crippen molar-refractivity contribution in [3.8, 4) is 11.1 Å². The fourth-order valence-electron chi connectivity index (χ4n) is 3.80. The molecule has 6 heteroatoms. The van der Waals surface area contributed by atoms with Gasteiger partial charge in [0, 0.05) is 22.4 Å². The molecule has 160 valence electrons. The van der Waals surface area contributed by atoms with Crippen molar-refractivity contribution < 1.29 is 24.5 Å². The summed E-state index contributed by atoms with van der Waals surface area (Å²) >= 11 is 0. The number of carboxylic acids is 1. The molecule has 1 saturated carbocycles. The van der Waals surface area contributed by atoms with Gasteiger partial charge in [0.15, 0.2) is 6.10 Å². The molecule has 31 heavy (non-hydrogen) atoms. The highest BCUT2D eigenvalue weighted by Crippen LogP contribution is 2.45. The van der Waals surface area contributed by atoms with E-state index in [2.05, 4.69) is 0 Å². The third-order valence-electron chi connectivity index (χ3n) is 5.59. The van der Waals surface area contributed by atoms with E-state index in [1.165, 1.54) is 12.1 Å². The normalized spacial score (nSPS) is 16.0. The van der Waals surface area contributed by atoms with Crippen LogP contribution in [0.5, 0.6) is 0 Å². The van der Waals surface area contributed by atoms with Gasteiger partial charge in [0.2, 0.25) is 0 Å². The standard InChI is InChI=1S/C25H24FNO4/c26-17-13-11-15(12-14-17)22-18-5-1-3-7-20(18)27-23(16-9-10-16)19(22)6-2-4-8-21(28)24(29)25(30)31/h1-3,5-7,11-14,16,21,24,28-29H,4,8-10H2,(H,30,31). The molecule has 1 aliphatic rings. The van der Waals surface area contributed by atoms with Crippen LogP contribution < -0.4 is 0 Å². The number of carbonyl (C=O) groups is 1. The van der Waals surface area contributed by atoms with Gasteiger partial charge in [0.25, 0.3) is 0 Å². The van der Waals surface area contributed by atoms with Crippen molar-refractivity contribution in [1.82, 2.24) is 4.98 Å². The molecule has 1 aliphatic carbocycles. The zero-order chi connectivity index (χ0) is 22.0. The molecule has 4 rings (SSSR count).